The van der Waals surface area contributed by atoms with E-state index in [1.54, 1.807) is 0 Å². The molecule has 0 aliphatic rings. The van der Waals surface area contributed by atoms with Crippen LogP contribution in [0.15, 0.2) is 28.7 Å². The quantitative estimate of drug-likeness (QED) is 0.732. The van der Waals surface area contributed by atoms with Crippen molar-refractivity contribution < 1.29 is 9.15 Å². The van der Waals surface area contributed by atoms with Crippen LogP contribution in [0.3, 0.4) is 0 Å². The van der Waals surface area contributed by atoms with Crippen molar-refractivity contribution in [3.63, 3.8) is 0 Å². The van der Waals surface area contributed by atoms with Crippen molar-refractivity contribution in [2.24, 2.45) is 11.7 Å². The summed E-state index contributed by atoms with van der Waals surface area (Å²) in [6.45, 7) is 6.27. The molecule has 0 aliphatic heterocycles. The third kappa shape index (κ3) is 4.08. The fourth-order valence-electron chi connectivity index (χ4n) is 2.71. The molecule has 0 aliphatic carbocycles. The predicted octanol–water partition coefficient (Wildman–Crippen LogP) is 4.62. The molecule has 0 saturated carbocycles. The lowest BCUT2D eigenvalue weighted by Gasteiger charge is -2.14. The summed E-state index contributed by atoms with van der Waals surface area (Å²) in [5.74, 6) is 1.53. The summed E-state index contributed by atoms with van der Waals surface area (Å²) in [5.41, 5.74) is 7.84. The van der Waals surface area contributed by atoms with E-state index in [0.29, 0.717) is 19.1 Å². The zero-order valence-electron chi connectivity index (χ0n) is 13.2. The average Bonchev–Trinajstić information content (AvgIpc) is 2.88. The Balaban J connectivity index is 1.96. The standard InChI is InChI=1S/C18H27NO2/c1-3-5-8-14(4-2)12-20-13-18-16(11-19)15-9-6-7-10-17(15)21-18/h6-7,9-10,14H,3-5,8,11-13,19H2,1-2H3. The normalized spacial score (nSPS) is 12.9. The maximum atomic E-state index is 5.89. The van der Waals surface area contributed by atoms with Crippen LogP contribution in [-0.2, 0) is 17.9 Å². The minimum atomic E-state index is 0.489. The second kappa shape index (κ2) is 8.20. The van der Waals surface area contributed by atoms with Crippen molar-refractivity contribution in [3.05, 3.63) is 35.6 Å². The molecular formula is C18H27NO2. The molecule has 0 amide bonds. The monoisotopic (exact) mass is 289 g/mol. The highest BCUT2D eigenvalue weighted by Crippen LogP contribution is 2.26. The molecular weight excluding hydrogens is 262 g/mol. The van der Waals surface area contributed by atoms with Gasteiger partial charge in [-0.2, -0.15) is 0 Å². The Bertz CT molecular complexity index is 547. The first-order valence-electron chi connectivity index (χ1n) is 8.07. The van der Waals surface area contributed by atoms with Crippen LogP contribution in [-0.4, -0.2) is 6.61 Å². The molecule has 2 aromatic rings. The van der Waals surface area contributed by atoms with Gasteiger partial charge in [0.05, 0.1) is 0 Å². The van der Waals surface area contributed by atoms with Crippen molar-refractivity contribution >= 4 is 11.0 Å². The van der Waals surface area contributed by atoms with Gasteiger partial charge in [0.1, 0.15) is 18.0 Å². The summed E-state index contributed by atoms with van der Waals surface area (Å²) in [4.78, 5) is 0. The molecule has 116 valence electrons. The lowest BCUT2D eigenvalue weighted by atomic mass is 10.0. The summed E-state index contributed by atoms with van der Waals surface area (Å²) in [7, 11) is 0. The molecule has 3 heteroatoms. The molecule has 2 N–H and O–H groups in total. The second-order valence-electron chi connectivity index (χ2n) is 5.64. The Morgan fingerprint density at radius 3 is 2.76 bits per heavy atom. The lowest BCUT2D eigenvalue weighted by Crippen LogP contribution is -2.09. The highest BCUT2D eigenvalue weighted by Gasteiger charge is 2.13. The number of ether oxygens (including phenoxy) is 1. The molecule has 1 unspecified atom stereocenters. The number of benzene rings is 1. The minimum absolute atomic E-state index is 0.489. The van der Waals surface area contributed by atoms with E-state index >= 15 is 0 Å². The van der Waals surface area contributed by atoms with Gasteiger partial charge in [-0.3, -0.25) is 0 Å². The van der Waals surface area contributed by atoms with Gasteiger partial charge in [0.2, 0.25) is 0 Å². The molecule has 0 radical (unpaired) electrons. The van der Waals surface area contributed by atoms with Gasteiger partial charge in [-0.05, 0) is 18.4 Å². The predicted molar refractivity (Wildman–Crippen MR) is 87.1 cm³/mol. The van der Waals surface area contributed by atoms with Crippen molar-refractivity contribution in [2.75, 3.05) is 6.61 Å². The third-order valence-corrected chi connectivity index (χ3v) is 4.12. The number of unbranched alkanes of at least 4 members (excludes halogenated alkanes) is 1. The molecule has 0 fully saturated rings. The summed E-state index contributed by atoms with van der Waals surface area (Å²) < 4.78 is 11.8. The molecule has 2 rings (SSSR count). The van der Waals surface area contributed by atoms with Crippen LogP contribution in [0.25, 0.3) is 11.0 Å². The Hall–Kier alpha value is -1.32. The molecule has 0 bridgehead atoms. The van der Waals surface area contributed by atoms with Gasteiger partial charge in [0.15, 0.2) is 0 Å². The van der Waals surface area contributed by atoms with Crippen LogP contribution in [0.4, 0.5) is 0 Å². The van der Waals surface area contributed by atoms with Crippen LogP contribution in [0.1, 0.15) is 50.9 Å². The van der Waals surface area contributed by atoms with Gasteiger partial charge in [0.25, 0.3) is 0 Å². The topological polar surface area (TPSA) is 48.4 Å². The van der Waals surface area contributed by atoms with Gasteiger partial charge in [-0.25, -0.2) is 0 Å². The van der Waals surface area contributed by atoms with Crippen LogP contribution in [0, 0.1) is 5.92 Å². The van der Waals surface area contributed by atoms with Crippen molar-refractivity contribution in [1.29, 1.82) is 0 Å². The SMILES string of the molecule is CCCCC(CC)COCc1oc2ccccc2c1CN. The average molecular weight is 289 g/mol. The maximum Gasteiger partial charge on any atom is 0.135 e. The molecule has 21 heavy (non-hydrogen) atoms. The van der Waals surface area contributed by atoms with Crippen LogP contribution < -0.4 is 5.73 Å². The fourth-order valence-corrected chi connectivity index (χ4v) is 2.71. The van der Waals surface area contributed by atoms with Crippen molar-refractivity contribution in [3.8, 4) is 0 Å². The van der Waals surface area contributed by atoms with E-state index in [4.69, 9.17) is 14.9 Å². The molecule has 1 aromatic heterocycles. The number of hydrogen-bond donors (Lipinski definition) is 1. The summed E-state index contributed by atoms with van der Waals surface area (Å²) in [6, 6.07) is 8.03. The smallest absolute Gasteiger partial charge is 0.135 e. The number of para-hydroxylation sites is 1. The van der Waals surface area contributed by atoms with Crippen LogP contribution in [0.5, 0.6) is 0 Å². The molecule has 1 atom stereocenters. The molecule has 3 nitrogen and oxygen atoms in total. The van der Waals surface area contributed by atoms with Gasteiger partial charge in [-0.15, -0.1) is 0 Å². The van der Waals surface area contributed by atoms with Crippen LogP contribution >= 0.6 is 0 Å². The van der Waals surface area contributed by atoms with E-state index in [1.165, 1.54) is 25.7 Å². The molecule has 1 heterocycles. The third-order valence-electron chi connectivity index (χ3n) is 4.12. The first-order chi connectivity index (χ1) is 10.3. The number of fused-ring (bicyclic) bond motifs is 1. The first-order valence-corrected chi connectivity index (χ1v) is 8.07. The number of rotatable bonds is 9. The zero-order chi connectivity index (χ0) is 15.1. The highest BCUT2D eigenvalue weighted by atomic mass is 16.5. The number of nitrogens with two attached hydrogens (primary N) is 1. The van der Waals surface area contributed by atoms with E-state index < -0.39 is 0 Å². The molecule has 0 spiro atoms. The number of furan rings is 1. The molecule has 0 saturated heterocycles. The van der Waals surface area contributed by atoms with Crippen molar-refractivity contribution in [1.82, 2.24) is 0 Å². The van der Waals surface area contributed by atoms with E-state index in [1.807, 2.05) is 18.2 Å². The Labute approximate surface area is 127 Å². The summed E-state index contributed by atoms with van der Waals surface area (Å²) >= 11 is 0. The van der Waals surface area contributed by atoms with E-state index in [-0.39, 0.29) is 0 Å². The Morgan fingerprint density at radius 2 is 2.05 bits per heavy atom. The highest BCUT2D eigenvalue weighted by molar-refractivity contribution is 5.82. The van der Waals surface area contributed by atoms with Crippen molar-refractivity contribution in [2.45, 2.75) is 52.7 Å². The van der Waals surface area contributed by atoms with Gasteiger partial charge in [0, 0.05) is 24.1 Å². The lowest BCUT2D eigenvalue weighted by molar-refractivity contribution is 0.0712. The summed E-state index contributed by atoms with van der Waals surface area (Å²) in [5, 5.41) is 1.11. The van der Waals surface area contributed by atoms with E-state index in [9.17, 15) is 0 Å². The second-order valence-corrected chi connectivity index (χ2v) is 5.64. The van der Waals surface area contributed by atoms with E-state index in [2.05, 4.69) is 19.9 Å². The zero-order valence-corrected chi connectivity index (χ0v) is 13.2. The summed E-state index contributed by atoms with van der Waals surface area (Å²) in [6.07, 6.45) is 4.94. The largest absolute Gasteiger partial charge is 0.458 e. The van der Waals surface area contributed by atoms with E-state index in [0.717, 1.165) is 28.9 Å². The fraction of sp³-hybridized carbons (Fsp3) is 0.556. The van der Waals surface area contributed by atoms with Gasteiger partial charge < -0.3 is 14.9 Å². The number of hydrogen-bond acceptors (Lipinski definition) is 3. The first kappa shape index (κ1) is 16.1. The van der Waals surface area contributed by atoms with Crippen LogP contribution in [0.2, 0.25) is 0 Å². The Morgan fingerprint density at radius 1 is 1.24 bits per heavy atom. The minimum Gasteiger partial charge on any atom is -0.458 e. The maximum absolute atomic E-state index is 5.89. The molecule has 1 aromatic carbocycles. The van der Waals surface area contributed by atoms with Gasteiger partial charge in [-0.1, -0.05) is 51.3 Å². The van der Waals surface area contributed by atoms with Gasteiger partial charge >= 0.3 is 0 Å². The Kier molecular flexibility index (Phi) is 6.27.